The van der Waals surface area contributed by atoms with E-state index in [2.05, 4.69) is 107 Å². The minimum Gasteiger partial charge on any atom is -0.495 e. The maximum absolute atomic E-state index is 12.6. The van der Waals surface area contributed by atoms with E-state index in [0.717, 1.165) is 32.1 Å². The quantitative estimate of drug-likeness (QED) is 0.266. The molecule has 0 aromatic heterocycles. The Kier molecular flexibility index (Phi) is 10.1. The highest BCUT2D eigenvalue weighted by atomic mass is 79.9. The third kappa shape index (κ3) is 7.13. The minimum absolute atomic E-state index is 0.123. The predicted molar refractivity (Wildman–Crippen MR) is 153 cm³/mol. The highest BCUT2D eigenvalue weighted by molar-refractivity contribution is 9.12. The van der Waals surface area contributed by atoms with Gasteiger partial charge in [-0.2, -0.15) is 0 Å². The Hall–Kier alpha value is -0.920. The maximum Gasteiger partial charge on any atom is 0.269 e. The molecule has 1 heterocycles. The van der Waals surface area contributed by atoms with E-state index in [1.54, 1.807) is 6.08 Å². The summed E-state index contributed by atoms with van der Waals surface area (Å²) in [6.07, 6.45) is 2.30. The van der Waals surface area contributed by atoms with Crippen LogP contribution in [0, 0.1) is 0 Å². The molecule has 8 nitrogen and oxygen atoms in total. The standard InChI is InChI=1S/C24H29Br4N3O5/c1-31(2,3)8-6-14-10-15(25)20(16(26)11-14)35-9-5-7-29-23(33)18-13-24(36-30-18)12-17(27)21(34-4)19(28)22(24)32/h10-12,22,32H,5-9,13H2,1-4H3/p+1/t22-,24+/m0/s1. The topological polar surface area (TPSA) is 89.4 Å². The Morgan fingerprint density at radius 2 is 1.92 bits per heavy atom. The number of aliphatic hydroxyl groups is 1. The van der Waals surface area contributed by atoms with Crippen LogP contribution in [0.5, 0.6) is 5.75 Å². The van der Waals surface area contributed by atoms with Crippen molar-refractivity contribution < 1.29 is 28.7 Å². The summed E-state index contributed by atoms with van der Waals surface area (Å²) < 4.78 is 14.9. The number of nitrogens with zero attached hydrogens (tertiary/aromatic N) is 2. The fraction of sp³-hybridized carbons (Fsp3) is 0.500. The van der Waals surface area contributed by atoms with Crippen LogP contribution < -0.4 is 10.1 Å². The van der Waals surface area contributed by atoms with E-state index in [1.807, 2.05) is 0 Å². The molecule has 1 aromatic rings. The minimum atomic E-state index is -1.17. The van der Waals surface area contributed by atoms with Crippen LogP contribution in [0.1, 0.15) is 18.4 Å². The molecule has 36 heavy (non-hydrogen) atoms. The second-order valence-electron chi connectivity index (χ2n) is 9.65. The number of quaternary nitrogens is 1. The van der Waals surface area contributed by atoms with Crippen molar-refractivity contribution in [3.05, 3.63) is 47.4 Å². The number of carbonyl (C=O) groups is 1. The van der Waals surface area contributed by atoms with E-state index in [9.17, 15) is 9.90 Å². The third-order valence-corrected chi connectivity index (χ3v) is 8.29. The molecule has 12 heteroatoms. The number of likely N-dealkylation sites (N-methyl/N-ethyl adjacent to an activating group) is 1. The van der Waals surface area contributed by atoms with E-state index in [4.69, 9.17) is 14.3 Å². The molecule has 198 valence electrons. The third-order valence-electron chi connectivity index (χ3n) is 5.73. The van der Waals surface area contributed by atoms with E-state index in [-0.39, 0.29) is 18.0 Å². The molecule has 1 aliphatic heterocycles. The van der Waals surface area contributed by atoms with Crippen molar-refractivity contribution in [1.29, 1.82) is 0 Å². The monoisotopic (exact) mass is 756 g/mol. The molecule has 2 aliphatic rings. The van der Waals surface area contributed by atoms with Crippen molar-refractivity contribution in [2.75, 3.05) is 47.9 Å². The van der Waals surface area contributed by atoms with E-state index in [1.165, 1.54) is 12.7 Å². The molecule has 0 saturated carbocycles. The van der Waals surface area contributed by atoms with Crippen LogP contribution in [0.25, 0.3) is 0 Å². The molecule has 1 spiro atoms. The van der Waals surface area contributed by atoms with E-state index in [0.29, 0.717) is 34.3 Å². The number of ether oxygens (including phenoxy) is 2. The van der Waals surface area contributed by atoms with Gasteiger partial charge >= 0.3 is 0 Å². The predicted octanol–water partition coefficient (Wildman–Crippen LogP) is 4.77. The van der Waals surface area contributed by atoms with Gasteiger partial charge < -0.3 is 29.2 Å². The van der Waals surface area contributed by atoms with Crippen LogP contribution in [-0.2, 0) is 20.8 Å². The molecule has 0 unspecified atom stereocenters. The zero-order chi connectivity index (χ0) is 26.7. The molecular formula is C24H30Br4N3O5+. The average Bonchev–Trinajstić information content (AvgIpc) is 3.22. The van der Waals surface area contributed by atoms with Crippen molar-refractivity contribution in [2.24, 2.45) is 5.16 Å². The van der Waals surface area contributed by atoms with Gasteiger partial charge in [-0.25, -0.2) is 0 Å². The van der Waals surface area contributed by atoms with Crippen molar-refractivity contribution in [2.45, 2.75) is 31.0 Å². The van der Waals surface area contributed by atoms with Gasteiger partial charge in [0, 0.05) is 19.4 Å². The lowest BCUT2D eigenvalue weighted by Gasteiger charge is -2.33. The normalized spacial score (nSPS) is 21.8. The Labute approximate surface area is 245 Å². The van der Waals surface area contributed by atoms with Crippen LogP contribution in [-0.4, -0.2) is 80.9 Å². The zero-order valence-corrected chi connectivity index (χ0v) is 26.9. The number of allylic oxidation sites excluding steroid dienone is 1. The summed E-state index contributed by atoms with van der Waals surface area (Å²) in [5, 5.41) is 17.5. The highest BCUT2D eigenvalue weighted by Crippen LogP contribution is 2.44. The van der Waals surface area contributed by atoms with Gasteiger partial charge in [0.2, 0.25) is 0 Å². The summed E-state index contributed by atoms with van der Waals surface area (Å²) in [5.74, 6) is 0.862. The number of carbonyl (C=O) groups excluding carboxylic acids is 1. The largest absolute Gasteiger partial charge is 0.495 e. The number of oxime groups is 1. The van der Waals surface area contributed by atoms with Gasteiger partial charge in [-0.1, -0.05) is 5.16 Å². The van der Waals surface area contributed by atoms with E-state index < -0.39 is 11.7 Å². The molecule has 1 aromatic carbocycles. The molecular weight excluding hydrogens is 730 g/mol. The van der Waals surface area contributed by atoms with Crippen molar-refractivity contribution in [3.63, 3.8) is 0 Å². The van der Waals surface area contributed by atoms with E-state index >= 15 is 0 Å². The summed E-state index contributed by atoms with van der Waals surface area (Å²) in [6, 6.07) is 4.17. The second-order valence-corrected chi connectivity index (χ2v) is 13.1. The van der Waals surface area contributed by atoms with Crippen molar-refractivity contribution >= 4 is 75.3 Å². The lowest BCUT2D eigenvalue weighted by Crippen LogP contribution is -2.45. The number of hydrogen-bond acceptors (Lipinski definition) is 6. The molecule has 2 N–H and O–H groups in total. The Morgan fingerprint density at radius 3 is 2.53 bits per heavy atom. The van der Waals surface area contributed by atoms with Gasteiger partial charge in [0.15, 0.2) is 5.60 Å². The molecule has 1 aliphatic carbocycles. The van der Waals surface area contributed by atoms with Gasteiger partial charge in [-0.15, -0.1) is 0 Å². The zero-order valence-electron chi connectivity index (χ0n) is 20.5. The van der Waals surface area contributed by atoms with Crippen molar-refractivity contribution in [1.82, 2.24) is 5.32 Å². The number of halogens is 4. The molecule has 0 radical (unpaired) electrons. The Balaban J connectivity index is 1.46. The lowest BCUT2D eigenvalue weighted by molar-refractivity contribution is -0.870. The molecule has 0 bridgehead atoms. The summed E-state index contributed by atoms with van der Waals surface area (Å²) >= 11 is 14.0. The molecule has 0 fully saturated rings. The first-order valence-electron chi connectivity index (χ1n) is 11.3. The second kappa shape index (κ2) is 12.3. The highest BCUT2D eigenvalue weighted by Gasteiger charge is 2.50. The number of nitrogens with one attached hydrogen (secondary N) is 1. The summed E-state index contributed by atoms with van der Waals surface area (Å²) in [6.45, 7) is 1.86. The fourth-order valence-electron chi connectivity index (χ4n) is 3.73. The van der Waals surface area contributed by atoms with Crippen molar-refractivity contribution in [3.8, 4) is 5.75 Å². The molecule has 1 amide bonds. The lowest BCUT2D eigenvalue weighted by atomic mass is 9.87. The van der Waals surface area contributed by atoms with Crippen LogP contribution in [0.2, 0.25) is 0 Å². The van der Waals surface area contributed by atoms with Gasteiger partial charge in [-0.05, 0) is 93.9 Å². The van der Waals surface area contributed by atoms with Gasteiger partial charge in [0.05, 0.1) is 59.3 Å². The van der Waals surface area contributed by atoms with Crippen LogP contribution in [0.15, 0.2) is 47.0 Å². The first kappa shape index (κ1) is 29.6. The molecule has 3 rings (SSSR count). The van der Waals surface area contributed by atoms with Crippen LogP contribution in [0.3, 0.4) is 0 Å². The smallest absolute Gasteiger partial charge is 0.269 e. The summed E-state index contributed by atoms with van der Waals surface area (Å²) in [4.78, 5) is 18.2. The van der Waals surface area contributed by atoms with Gasteiger partial charge in [0.25, 0.3) is 5.91 Å². The number of methoxy groups -OCH3 is 1. The summed E-state index contributed by atoms with van der Waals surface area (Å²) in [5.41, 5.74) is 0.263. The number of rotatable bonds is 10. The average molecular weight is 760 g/mol. The maximum atomic E-state index is 12.6. The van der Waals surface area contributed by atoms with Crippen LogP contribution in [0.4, 0.5) is 0 Å². The van der Waals surface area contributed by atoms with Gasteiger partial charge in [-0.3, -0.25) is 4.79 Å². The summed E-state index contributed by atoms with van der Waals surface area (Å²) in [7, 11) is 8.03. The Bertz CT molecular complexity index is 1080. The number of aliphatic hydroxyl groups excluding tert-OH is 1. The molecule has 2 atom stereocenters. The number of hydrogen-bond donors (Lipinski definition) is 2. The van der Waals surface area contributed by atoms with Crippen LogP contribution >= 0.6 is 63.7 Å². The SMILES string of the molecule is COC1=C(Br)[C@H](O)[C@@]2(C=C1Br)CC(C(=O)NCCCOc1c(Br)cc(CC[N+](C)(C)C)cc1Br)=NO2. The Morgan fingerprint density at radius 1 is 1.25 bits per heavy atom. The first-order valence-corrected chi connectivity index (χ1v) is 14.5. The number of amides is 1. The molecule has 0 saturated heterocycles. The fourth-order valence-corrected chi connectivity index (χ4v) is 7.03. The number of benzene rings is 1. The first-order chi connectivity index (χ1) is 16.9. The van der Waals surface area contributed by atoms with Gasteiger partial charge in [0.1, 0.15) is 23.3 Å².